The molecule has 0 bridgehead atoms. The number of hydrogen-bond acceptors (Lipinski definition) is 3. The van der Waals surface area contributed by atoms with E-state index in [1.54, 1.807) is 0 Å². The van der Waals surface area contributed by atoms with E-state index in [-0.39, 0.29) is 11.9 Å². The number of fused-ring (bicyclic) bond motifs is 1. The van der Waals surface area contributed by atoms with Gasteiger partial charge in [-0.15, -0.1) is 0 Å². The lowest BCUT2D eigenvalue weighted by Crippen LogP contribution is -2.43. The summed E-state index contributed by atoms with van der Waals surface area (Å²) in [5.74, 6) is 1.43. The summed E-state index contributed by atoms with van der Waals surface area (Å²) in [5, 5.41) is 3.04. The highest BCUT2D eigenvalue weighted by atomic mass is 16.5. The Morgan fingerprint density at radius 1 is 1.29 bits per heavy atom. The van der Waals surface area contributed by atoms with E-state index >= 15 is 0 Å². The number of carbonyl (C=O) groups excluding carboxylic acids is 1. The molecule has 4 heteroatoms. The lowest BCUT2D eigenvalue weighted by molar-refractivity contribution is -0.123. The topological polar surface area (TPSA) is 64.4 Å². The molecular formula is C17H24N2O2. The van der Waals surface area contributed by atoms with Crippen LogP contribution in [-0.2, 0) is 4.79 Å². The first-order valence-corrected chi connectivity index (χ1v) is 8.01. The number of benzene rings is 1. The Balaban J connectivity index is 1.54. The number of amides is 1. The van der Waals surface area contributed by atoms with Crippen LogP contribution in [0.1, 0.15) is 50.1 Å². The monoisotopic (exact) mass is 288 g/mol. The van der Waals surface area contributed by atoms with Gasteiger partial charge in [-0.2, -0.15) is 0 Å². The molecule has 114 valence electrons. The van der Waals surface area contributed by atoms with Gasteiger partial charge >= 0.3 is 0 Å². The summed E-state index contributed by atoms with van der Waals surface area (Å²) in [6, 6.07) is 7.38. The van der Waals surface area contributed by atoms with Gasteiger partial charge in [0.25, 0.3) is 0 Å². The van der Waals surface area contributed by atoms with E-state index in [0.717, 1.165) is 17.7 Å². The Labute approximate surface area is 126 Å². The van der Waals surface area contributed by atoms with Crippen molar-refractivity contribution in [2.75, 3.05) is 6.61 Å². The van der Waals surface area contributed by atoms with Gasteiger partial charge in [-0.05, 0) is 18.4 Å². The second-order valence-corrected chi connectivity index (χ2v) is 6.26. The predicted molar refractivity (Wildman–Crippen MR) is 82.0 cm³/mol. The van der Waals surface area contributed by atoms with Gasteiger partial charge in [-0.25, -0.2) is 0 Å². The van der Waals surface area contributed by atoms with Crippen molar-refractivity contribution in [3.63, 3.8) is 0 Å². The normalized spacial score (nSPS) is 23.2. The minimum absolute atomic E-state index is 0.0501. The van der Waals surface area contributed by atoms with Gasteiger partial charge in [0.1, 0.15) is 12.4 Å². The molecule has 3 rings (SSSR count). The summed E-state index contributed by atoms with van der Waals surface area (Å²) >= 11 is 0. The Morgan fingerprint density at radius 3 is 2.86 bits per heavy atom. The summed E-state index contributed by atoms with van der Waals surface area (Å²) in [5.41, 5.74) is 7.14. The van der Waals surface area contributed by atoms with E-state index in [1.807, 2.05) is 24.3 Å². The summed E-state index contributed by atoms with van der Waals surface area (Å²) < 4.78 is 5.59. The molecule has 21 heavy (non-hydrogen) atoms. The Hall–Kier alpha value is -1.55. The fraction of sp³-hybridized carbons (Fsp3) is 0.588. The van der Waals surface area contributed by atoms with E-state index in [0.29, 0.717) is 12.5 Å². The van der Waals surface area contributed by atoms with E-state index in [2.05, 4.69) is 5.32 Å². The summed E-state index contributed by atoms with van der Waals surface area (Å²) in [6.45, 7) is 0.501. The van der Waals surface area contributed by atoms with Crippen LogP contribution in [-0.4, -0.2) is 18.6 Å². The third-order valence-electron chi connectivity index (χ3n) is 4.67. The fourth-order valence-electron chi connectivity index (χ4n) is 3.45. The molecule has 1 aromatic carbocycles. The molecule has 4 nitrogen and oxygen atoms in total. The number of nitrogens with one attached hydrogen (secondary N) is 1. The van der Waals surface area contributed by atoms with E-state index < -0.39 is 6.04 Å². The van der Waals surface area contributed by atoms with Crippen LogP contribution in [0, 0.1) is 5.92 Å². The van der Waals surface area contributed by atoms with Crippen LogP contribution in [0.4, 0.5) is 0 Å². The SMILES string of the molecule is NC(CC1CCCCC1)C(=O)NC1COc2ccccc21. The van der Waals surface area contributed by atoms with Crippen molar-refractivity contribution in [3.05, 3.63) is 29.8 Å². The van der Waals surface area contributed by atoms with Crippen LogP contribution in [0.2, 0.25) is 0 Å². The number of rotatable bonds is 4. The van der Waals surface area contributed by atoms with Crippen molar-refractivity contribution < 1.29 is 9.53 Å². The zero-order valence-corrected chi connectivity index (χ0v) is 12.4. The molecule has 0 aromatic heterocycles. The van der Waals surface area contributed by atoms with Crippen LogP contribution in [0.15, 0.2) is 24.3 Å². The number of para-hydroxylation sites is 1. The Bertz CT molecular complexity index is 497. The summed E-state index contributed by atoms with van der Waals surface area (Å²) in [7, 11) is 0. The highest BCUT2D eigenvalue weighted by Crippen LogP contribution is 2.32. The van der Waals surface area contributed by atoms with Crippen LogP contribution in [0.5, 0.6) is 5.75 Å². The van der Waals surface area contributed by atoms with Gasteiger partial charge in [0.15, 0.2) is 0 Å². The van der Waals surface area contributed by atoms with Crippen molar-refractivity contribution in [2.24, 2.45) is 11.7 Å². The number of ether oxygens (including phenoxy) is 1. The highest BCUT2D eigenvalue weighted by molar-refractivity contribution is 5.82. The maximum absolute atomic E-state index is 12.3. The smallest absolute Gasteiger partial charge is 0.237 e. The first kappa shape index (κ1) is 14.4. The van der Waals surface area contributed by atoms with Gasteiger partial charge in [-0.1, -0.05) is 50.3 Å². The quantitative estimate of drug-likeness (QED) is 0.895. The molecule has 3 N–H and O–H groups in total. The van der Waals surface area contributed by atoms with Gasteiger partial charge in [0.05, 0.1) is 12.1 Å². The molecule has 0 saturated heterocycles. The zero-order valence-electron chi connectivity index (χ0n) is 12.4. The third-order valence-corrected chi connectivity index (χ3v) is 4.67. The molecule has 1 fully saturated rings. The average molecular weight is 288 g/mol. The number of nitrogens with two attached hydrogens (primary N) is 1. The molecule has 2 aliphatic rings. The molecule has 1 saturated carbocycles. The second kappa shape index (κ2) is 6.48. The average Bonchev–Trinajstić information content (AvgIpc) is 2.91. The minimum Gasteiger partial charge on any atom is -0.491 e. The third kappa shape index (κ3) is 3.38. The largest absolute Gasteiger partial charge is 0.491 e. The lowest BCUT2D eigenvalue weighted by atomic mass is 9.85. The second-order valence-electron chi connectivity index (χ2n) is 6.26. The van der Waals surface area contributed by atoms with Crippen LogP contribution < -0.4 is 15.8 Å². The van der Waals surface area contributed by atoms with Crippen LogP contribution in [0.3, 0.4) is 0 Å². The summed E-state index contributed by atoms with van der Waals surface area (Å²) in [6.07, 6.45) is 7.13. The zero-order chi connectivity index (χ0) is 14.7. The van der Waals surface area contributed by atoms with Gasteiger partial charge in [-0.3, -0.25) is 4.79 Å². The summed E-state index contributed by atoms with van der Waals surface area (Å²) in [4.78, 5) is 12.3. The molecule has 2 atom stereocenters. The molecule has 0 radical (unpaired) electrons. The first-order chi connectivity index (χ1) is 10.2. The van der Waals surface area contributed by atoms with Crippen LogP contribution >= 0.6 is 0 Å². The Morgan fingerprint density at radius 2 is 2.05 bits per heavy atom. The molecule has 1 amide bonds. The van der Waals surface area contributed by atoms with Crippen molar-refractivity contribution in [1.82, 2.24) is 5.32 Å². The van der Waals surface area contributed by atoms with Gasteiger partial charge in [0, 0.05) is 5.56 Å². The van der Waals surface area contributed by atoms with E-state index in [4.69, 9.17) is 10.5 Å². The first-order valence-electron chi connectivity index (χ1n) is 8.01. The standard InChI is InChI=1S/C17H24N2O2/c18-14(10-12-6-2-1-3-7-12)17(20)19-15-11-21-16-9-5-4-8-13(15)16/h4-5,8-9,12,14-15H,1-3,6-7,10-11,18H2,(H,19,20). The van der Waals surface area contributed by atoms with Crippen LogP contribution in [0.25, 0.3) is 0 Å². The number of hydrogen-bond donors (Lipinski definition) is 2. The van der Waals surface area contributed by atoms with Crippen molar-refractivity contribution in [1.29, 1.82) is 0 Å². The molecule has 0 spiro atoms. The molecule has 1 heterocycles. The molecule has 1 aliphatic carbocycles. The number of carbonyl (C=O) groups is 1. The van der Waals surface area contributed by atoms with E-state index in [1.165, 1.54) is 32.1 Å². The molecule has 2 unspecified atom stereocenters. The van der Waals surface area contributed by atoms with Crippen molar-refractivity contribution >= 4 is 5.91 Å². The molecular weight excluding hydrogens is 264 g/mol. The van der Waals surface area contributed by atoms with Gasteiger partial charge < -0.3 is 15.8 Å². The highest BCUT2D eigenvalue weighted by Gasteiger charge is 2.28. The maximum Gasteiger partial charge on any atom is 0.237 e. The van der Waals surface area contributed by atoms with E-state index in [9.17, 15) is 4.79 Å². The Kier molecular flexibility index (Phi) is 4.44. The predicted octanol–water partition coefficient (Wildman–Crippen LogP) is 2.53. The van der Waals surface area contributed by atoms with Gasteiger partial charge in [0.2, 0.25) is 5.91 Å². The minimum atomic E-state index is -0.402. The van der Waals surface area contributed by atoms with Crippen molar-refractivity contribution in [3.8, 4) is 5.75 Å². The maximum atomic E-state index is 12.3. The molecule has 1 aliphatic heterocycles. The lowest BCUT2D eigenvalue weighted by Gasteiger charge is -2.24. The molecule has 1 aromatic rings. The fourth-order valence-corrected chi connectivity index (χ4v) is 3.45. The van der Waals surface area contributed by atoms with Crippen molar-refractivity contribution in [2.45, 2.75) is 50.6 Å².